The van der Waals surface area contributed by atoms with Gasteiger partial charge in [0.1, 0.15) is 5.82 Å². The normalized spacial score (nSPS) is 10.2. The van der Waals surface area contributed by atoms with Gasteiger partial charge in [-0.05, 0) is 36.2 Å². The van der Waals surface area contributed by atoms with E-state index in [1.807, 2.05) is 24.3 Å². The van der Waals surface area contributed by atoms with Crippen molar-refractivity contribution in [3.8, 4) is 0 Å². The van der Waals surface area contributed by atoms with Gasteiger partial charge in [-0.3, -0.25) is 0 Å². The minimum atomic E-state index is -0.435. The number of carbonyl (C=O) groups is 1. The Morgan fingerprint density at radius 3 is 2.52 bits per heavy atom. The summed E-state index contributed by atoms with van der Waals surface area (Å²) in [5, 5.41) is 5.56. The van der Waals surface area contributed by atoms with Crippen LogP contribution in [0.4, 0.5) is 14.9 Å². The summed E-state index contributed by atoms with van der Waals surface area (Å²) in [6.07, 6.45) is 0.943. The number of carbonyl (C=O) groups excluding carboxylic acids is 1. The molecular weight excluding hydrogens is 291 g/mol. The van der Waals surface area contributed by atoms with Gasteiger partial charge in [-0.25, -0.2) is 9.18 Å². The number of nitrogens with one attached hydrogen (secondary N) is 2. The molecule has 0 aliphatic heterocycles. The van der Waals surface area contributed by atoms with Crippen molar-refractivity contribution in [2.75, 3.05) is 5.32 Å². The average Bonchev–Trinajstić information content (AvgIpc) is 2.47. The van der Waals surface area contributed by atoms with Crippen LogP contribution >= 0.6 is 11.6 Å². The van der Waals surface area contributed by atoms with Gasteiger partial charge in [0, 0.05) is 22.8 Å². The number of anilines is 1. The molecule has 0 aliphatic carbocycles. The molecule has 0 saturated carbocycles. The van der Waals surface area contributed by atoms with E-state index in [0.29, 0.717) is 10.7 Å². The van der Waals surface area contributed by atoms with Crippen molar-refractivity contribution in [2.24, 2.45) is 0 Å². The van der Waals surface area contributed by atoms with E-state index in [-0.39, 0.29) is 12.1 Å². The zero-order chi connectivity index (χ0) is 15.2. The molecule has 3 nitrogen and oxygen atoms in total. The third kappa shape index (κ3) is 4.20. The molecule has 2 aromatic carbocycles. The van der Waals surface area contributed by atoms with Crippen LogP contribution in [0.3, 0.4) is 0 Å². The summed E-state index contributed by atoms with van der Waals surface area (Å²) >= 11 is 5.89. The van der Waals surface area contributed by atoms with Crippen LogP contribution in [0.5, 0.6) is 0 Å². The molecule has 0 bridgehead atoms. The van der Waals surface area contributed by atoms with Gasteiger partial charge in [0.15, 0.2) is 0 Å². The second kappa shape index (κ2) is 7.09. The van der Waals surface area contributed by atoms with Crippen molar-refractivity contribution in [2.45, 2.75) is 19.9 Å². The minimum absolute atomic E-state index is 0.0321. The van der Waals surface area contributed by atoms with Gasteiger partial charge in [-0.2, -0.15) is 0 Å². The van der Waals surface area contributed by atoms with Crippen LogP contribution in [-0.2, 0) is 13.0 Å². The first-order chi connectivity index (χ1) is 10.1. The standard InChI is InChI=1S/C16H16ClFN2O/c1-2-11-6-8-12(9-7-11)20-16(21)19-10-13-14(17)4-3-5-15(13)18/h3-9H,2,10H2,1H3,(H2,19,20,21). The molecule has 0 heterocycles. The lowest BCUT2D eigenvalue weighted by Gasteiger charge is -2.10. The van der Waals surface area contributed by atoms with E-state index in [9.17, 15) is 9.18 Å². The van der Waals surface area contributed by atoms with Crippen LogP contribution in [0.25, 0.3) is 0 Å². The fourth-order valence-electron chi connectivity index (χ4n) is 1.87. The largest absolute Gasteiger partial charge is 0.334 e. The first-order valence-corrected chi connectivity index (χ1v) is 7.04. The van der Waals surface area contributed by atoms with Crippen LogP contribution in [0.1, 0.15) is 18.1 Å². The third-order valence-electron chi connectivity index (χ3n) is 3.11. The average molecular weight is 307 g/mol. The number of hydrogen-bond acceptors (Lipinski definition) is 1. The van der Waals surface area contributed by atoms with Crippen LogP contribution in [0.15, 0.2) is 42.5 Å². The molecule has 0 aliphatic rings. The number of aryl methyl sites for hydroxylation is 1. The van der Waals surface area contributed by atoms with Gasteiger partial charge >= 0.3 is 6.03 Å². The Hall–Kier alpha value is -2.07. The number of urea groups is 1. The van der Waals surface area contributed by atoms with Crippen molar-refractivity contribution >= 4 is 23.3 Å². The molecule has 0 unspecified atom stereocenters. The maximum absolute atomic E-state index is 13.6. The van der Waals surface area contributed by atoms with Gasteiger partial charge in [-0.1, -0.05) is 36.7 Å². The van der Waals surface area contributed by atoms with E-state index in [1.165, 1.54) is 17.7 Å². The Kier molecular flexibility index (Phi) is 5.17. The monoisotopic (exact) mass is 306 g/mol. The summed E-state index contributed by atoms with van der Waals surface area (Å²) in [4.78, 5) is 11.8. The molecule has 21 heavy (non-hydrogen) atoms. The number of amides is 2. The lowest BCUT2D eigenvalue weighted by atomic mass is 10.1. The minimum Gasteiger partial charge on any atom is -0.334 e. The van der Waals surface area contributed by atoms with Crippen molar-refractivity contribution in [1.82, 2.24) is 5.32 Å². The Morgan fingerprint density at radius 1 is 1.19 bits per heavy atom. The number of halogens is 2. The van der Waals surface area contributed by atoms with Gasteiger partial charge < -0.3 is 10.6 Å². The highest BCUT2D eigenvalue weighted by molar-refractivity contribution is 6.31. The molecular formula is C16H16ClFN2O. The molecule has 2 aromatic rings. The summed E-state index contributed by atoms with van der Waals surface area (Å²) in [5.74, 6) is -0.435. The van der Waals surface area contributed by atoms with E-state index >= 15 is 0 Å². The highest BCUT2D eigenvalue weighted by Crippen LogP contribution is 2.18. The Bertz CT molecular complexity index is 608. The summed E-state index contributed by atoms with van der Waals surface area (Å²) in [5.41, 5.74) is 2.15. The van der Waals surface area contributed by atoms with Gasteiger partial charge in [0.25, 0.3) is 0 Å². The maximum Gasteiger partial charge on any atom is 0.319 e. The van der Waals surface area contributed by atoms with Crippen LogP contribution in [0, 0.1) is 5.82 Å². The second-order valence-electron chi connectivity index (χ2n) is 4.56. The molecule has 2 N–H and O–H groups in total. The quantitative estimate of drug-likeness (QED) is 0.865. The third-order valence-corrected chi connectivity index (χ3v) is 3.46. The summed E-state index contributed by atoms with van der Waals surface area (Å²) < 4.78 is 13.6. The zero-order valence-electron chi connectivity index (χ0n) is 11.6. The first kappa shape index (κ1) is 15.3. The fourth-order valence-corrected chi connectivity index (χ4v) is 2.10. The summed E-state index contributed by atoms with van der Waals surface area (Å²) in [7, 11) is 0. The second-order valence-corrected chi connectivity index (χ2v) is 4.97. The lowest BCUT2D eigenvalue weighted by molar-refractivity contribution is 0.251. The molecule has 0 radical (unpaired) electrons. The number of rotatable bonds is 4. The van der Waals surface area contributed by atoms with E-state index in [0.717, 1.165) is 6.42 Å². The Morgan fingerprint density at radius 2 is 1.90 bits per heavy atom. The molecule has 5 heteroatoms. The molecule has 110 valence electrons. The molecule has 0 aromatic heterocycles. The highest BCUT2D eigenvalue weighted by Gasteiger charge is 2.08. The Labute approximate surface area is 128 Å². The SMILES string of the molecule is CCc1ccc(NC(=O)NCc2c(F)cccc2Cl)cc1. The van der Waals surface area contributed by atoms with E-state index < -0.39 is 11.8 Å². The molecule has 0 saturated heterocycles. The lowest BCUT2D eigenvalue weighted by Crippen LogP contribution is -2.28. The van der Waals surface area contributed by atoms with E-state index in [2.05, 4.69) is 17.6 Å². The predicted molar refractivity (Wildman–Crippen MR) is 83.1 cm³/mol. The van der Waals surface area contributed by atoms with Crippen LogP contribution in [0.2, 0.25) is 5.02 Å². The molecule has 0 fully saturated rings. The highest BCUT2D eigenvalue weighted by atomic mass is 35.5. The van der Waals surface area contributed by atoms with Gasteiger partial charge in [0.05, 0.1) is 0 Å². The topological polar surface area (TPSA) is 41.1 Å². The number of hydrogen-bond donors (Lipinski definition) is 2. The van der Waals surface area contributed by atoms with Crippen molar-refractivity contribution in [1.29, 1.82) is 0 Å². The first-order valence-electron chi connectivity index (χ1n) is 6.67. The van der Waals surface area contributed by atoms with Crippen LogP contribution < -0.4 is 10.6 Å². The van der Waals surface area contributed by atoms with Crippen LogP contribution in [-0.4, -0.2) is 6.03 Å². The molecule has 0 atom stereocenters. The van der Waals surface area contributed by atoms with Crippen molar-refractivity contribution in [3.63, 3.8) is 0 Å². The van der Waals surface area contributed by atoms with Crippen molar-refractivity contribution in [3.05, 3.63) is 64.4 Å². The zero-order valence-corrected chi connectivity index (χ0v) is 12.4. The molecule has 0 spiro atoms. The van der Waals surface area contributed by atoms with E-state index in [1.54, 1.807) is 6.07 Å². The molecule has 2 rings (SSSR count). The smallest absolute Gasteiger partial charge is 0.319 e. The Balaban J connectivity index is 1.92. The number of benzene rings is 2. The van der Waals surface area contributed by atoms with Gasteiger partial charge in [-0.15, -0.1) is 0 Å². The van der Waals surface area contributed by atoms with Gasteiger partial charge in [0.2, 0.25) is 0 Å². The predicted octanol–water partition coefficient (Wildman–Crippen LogP) is 4.36. The van der Waals surface area contributed by atoms with Crippen molar-refractivity contribution < 1.29 is 9.18 Å². The summed E-state index contributed by atoms with van der Waals surface area (Å²) in [6.45, 7) is 2.09. The fraction of sp³-hybridized carbons (Fsp3) is 0.188. The van der Waals surface area contributed by atoms with E-state index in [4.69, 9.17) is 11.6 Å². The summed E-state index contributed by atoms with van der Waals surface area (Å²) in [6, 6.07) is 11.6. The molecule has 2 amide bonds. The maximum atomic E-state index is 13.6.